The predicted molar refractivity (Wildman–Crippen MR) is 154 cm³/mol. The van der Waals surface area contributed by atoms with Crippen molar-refractivity contribution in [3.63, 3.8) is 0 Å². The van der Waals surface area contributed by atoms with Crippen LogP contribution in [-0.2, 0) is 19.5 Å². The molecular formula is C31H33N7O2. The second-order valence-corrected chi connectivity index (χ2v) is 10.2. The second kappa shape index (κ2) is 11.8. The molecule has 1 aliphatic rings. The average Bonchev–Trinajstić information content (AvgIpc) is 3.46. The lowest BCUT2D eigenvalue weighted by Crippen LogP contribution is -2.48. The fourth-order valence-corrected chi connectivity index (χ4v) is 5.50. The monoisotopic (exact) mass is 535 g/mol. The maximum atomic E-state index is 13.6. The van der Waals surface area contributed by atoms with E-state index < -0.39 is 0 Å². The van der Waals surface area contributed by atoms with Crippen molar-refractivity contribution in [2.75, 3.05) is 33.3 Å². The van der Waals surface area contributed by atoms with Gasteiger partial charge in [0, 0.05) is 55.7 Å². The number of nitrogens with one attached hydrogen (secondary N) is 1. The second-order valence-electron chi connectivity index (χ2n) is 10.2. The number of aromatic amines is 1. The van der Waals surface area contributed by atoms with Gasteiger partial charge in [0.2, 0.25) is 0 Å². The van der Waals surface area contributed by atoms with Gasteiger partial charge in [-0.15, -0.1) is 5.10 Å². The summed E-state index contributed by atoms with van der Waals surface area (Å²) in [7, 11) is 1.65. The number of hydrogen-bond acceptors (Lipinski definition) is 7. The molecule has 40 heavy (non-hydrogen) atoms. The number of piperazine rings is 1. The number of methoxy groups -OCH3 is 1. The van der Waals surface area contributed by atoms with Gasteiger partial charge in [0.05, 0.1) is 7.11 Å². The molecule has 3 heterocycles. The molecular weight excluding hydrogens is 502 g/mol. The number of aromatic nitrogens is 5. The van der Waals surface area contributed by atoms with Gasteiger partial charge in [0.15, 0.2) is 5.82 Å². The van der Waals surface area contributed by atoms with Gasteiger partial charge in [-0.3, -0.25) is 14.6 Å². The van der Waals surface area contributed by atoms with Crippen molar-refractivity contribution in [3.05, 3.63) is 118 Å². The first kappa shape index (κ1) is 25.9. The van der Waals surface area contributed by atoms with E-state index in [1.807, 2.05) is 53.2 Å². The van der Waals surface area contributed by atoms with Gasteiger partial charge in [-0.25, -0.2) is 4.68 Å². The summed E-state index contributed by atoms with van der Waals surface area (Å²) in [6, 6.07) is 28.1. The molecule has 204 valence electrons. The van der Waals surface area contributed by atoms with Crippen LogP contribution in [0.15, 0.2) is 89.7 Å². The number of pyridine rings is 1. The van der Waals surface area contributed by atoms with E-state index in [2.05, 4.69) is 66.7 Å². The number of aryl methyl sites for hydroxylation is 2. The maximum absolute atomic E-state index is 13.6. The Morgan fingerprint density at radius 1 is 0.900 bits per heavy atom. The molecule has 0 saturated carbocycles. The van der Waals surface area contributed by atoms with Crippen molar-refractivity contribution < 1.29 is 4.74 Å². The third-order valence-electron chi connectivity index (χ3n) is 7.66. The van der Waals surface area contributed by atoms with Crippen LogP contribution in [0.2, 0.25) is 0 Å². The number of rotatable bonds is 9. The summed E-state index contributed by atoms with van der Waals surface area (Å²) in [6.45, 7) is 4.88. The molecule has 6 rings (SSSR count). The lowest BCUT2D eigenvalue weighted by Gasteiger charge is -2.38. The van der Waals surface area contributed by atoms with E-state index in [0.29, 0.717) is 17.9 Å². The molecule has 0 bridgehead atoms. The molecule has 9 nitrogen and oxygen atoms in total. The number of fused-ring (bicyclic) bond motifs is 1. The number of hydrogen-bond donors (Lipinski definition) is 1. The highest BCUT2D eigenvalue weighted by molar-refractivity contribution is 5.80. The van der Waals surface area contributed by atoms with Crippen LogP contribution < -0.4 is 10.3 Å². The molecule has 3 aromatic carbocycles. The highest BCUT2D eigenvalue weighted by atomic mass is 16.5. The summed E-state index contributed by atoms with van der Waals surface area (Å²) in [4.78, 5) is 21.4. The standard InChI is InChI=1S/C31H33N7O2/c1-40-26-12-13-28-25(20-26)21-27(31(39)32-28)29(30-33-34-35-38(30)15-14-23-8-4-2-5-9-23)37-18-16-36(17-19-37)22-24-10-6-3-7-11-24/h2-13,20-21,29H,14-19,22H2,1H3,(H,32,39). The Morgan fingerprint density at radius 3 is 2.35 bits per heavy atom. The van der Waals surface area contributed by atoms with Crippen molar-refractivity contribution in [2.24, 2.45) is 0 Å². The Morgan fingerprint density at radius 2 is 1.62 bits per heavy atom. The zero-order chi connectivity index (χ0) is 27.3. The first-order valence-corrected chi connectivity index (χ1v) is 13.7. The number of H-pyrrole nitrogens is 1. The Hall–Kier alpha value is -4.34. The molecule has 9 heteroatoms. The van der Waals surface area contributed by atoms with Crippen LogP contribution >= 0.6 is 0 Å². The van der Waals surface area contributed by atoms with Crippen LogP contribution in [-0.4, -0.2) is 68.3 Å². The van der Waals surface area contributed by atoms with Crippen molar-refractivity contribution in [3.8, 4) is 5.75 Å². The van der Waals surface area contributed by atoms with Crippen LogP contribution in [0.1, 0.15) is 28.6 Å². The summed E-state index contributed by atoms with van der Waals surface area (Å²) >= 11 is 0. The third-order valence-corrected chi connectivity index (χ3v) is 7.66. The van der Waals surface area contributed by atoms with Gasteiger partial charge in [-0.2, -0.15) is 0 Å². The van der Waals surface area contributed by atoms with Crippen molar-refractivity contribution >= 4 is 10.9 Å². The van der Waals surface area contributed by atoms with Crippen LogP contribution in [0.4, 0.5) is 0 Å². The zero-order valence-electron chi connectivity index (χ0n) is 22.6. The lowest BCUT2D eigenvalue weighted by atomic mass is 10.0. The molecule has 0 aliphatic carbocycles. The Labute approximate surface area is 233 Å². The topological polar surface area (TPSA) is 92.2 Å². The predicted octanol–water partition coefficient (Wildman–Crippen LogP) is 3.67. The molecule has 5 aromatic rings. The van der Waals surface area contributed by atoms with E-state index in [1.54, 1.807) is 7.11 Å². The van der Waals surface area contributed by atoms with Crippen molar-refractivity contribution in [1.82, 2.24) is 35.0 Å². The molecule has 1 fully saturated rings. The zero-order valence-corrected chi connectivity index (χ0v) is 22.6. The van der Waals surface area contributed by atoms with E-state index in [9.17, 15) is 4.79 Å². The molecule has 1 unspecified atom stereocenters. The number of ether oxygens (including phenoxy) is 1. The normalized spacial score (nSPS) is 15.3. The van der Waals surface area contributed by atoms with Gasteiger partial charge in [0.1, 0.15) is 11.8 Å². The maximum Gasteiger partial charge on any atom is 0.253 e. The van der Waals surface area contributed by atoms with E-state index in [-0.39, 0.29) is 11.6 Å². The van der Waals surface area contributed by atoms with Gasteiger partial charge in [0.25, 0.3) is 5.56 Å². The quantitative estimate of drug-likeness (QED) is 0.308. The van der Waals surface area contributed by atoms with Gasteiger partial charge in [-0.05, 0) is 52.2 Å². The molecule has 2 aromatic heterocycles. The SMILES string of the molecule is COc1ccc2[nH]c(=O)c(C(c3nnnn3CCc3ccccc3)N3CCN(Cc4ccccc4)CC3)cc2c1. The minimum absolute atomic E-state index is 0.132. The van der Waals surface area contributed by atoms with Crippen molar-refractivity contribution in [2.45, 2.75) is 25.6 Å². The van der Waals surface area contributed by atoms with Gasteiger partial charge < -0.3 is 9.72 Å². The molecule has 0 spiro atoms. The average molecular weight is 536 g/mol. The minimum Gasteiger partial charge on any atom is -0.497 e. The number of tetrazole rings is 1. The molecule has 1 aliphatic heterocycles. The summed E-state index contributed by atoms with van der Waals surface area (Å²) in [6.07, 6.45) is 0.793. The highest BCUT2D eigenvalue weighted by Crippen LogP contribution is 2.29. The molecule has 0 amide bonds. The first-order chi connectivity index (χ1) is 19.7. The van der Waals surface area contributed by atoms with E-state index in [0.717, 1.165) is 55.8 Å². The van der Waals surface area contributed by atoms with Gasteiger partial charge in [-0.1, -0.05) is 60.7 Å². The smallest absolute Gasteiger partial charge is 0.253 e. The van der Waals surface area contributed by atoms with Crippen molar-refractivity contribution in [1.29, 1.82) is 0 Å². The van der Waals surface area contributed by atoms with E-state index in [1.165, 1.54) is 11.1 Å². The highest BCUT2D eigenvalue weighted by Gasteiger charge is 2.32. The molecule has 1 saturated heterocycles. The van der Waals surface area contributed by atoms with Crippen LogP contribution in [0, 0.1) is 0 Å². The largest absolute Gasteiger partial charge is 0.497 e. The van der Waals surface area contributed by atoms with E-state index in [4.69, 9.17) is 4.74 Å². The van der Waals surface area contributed by atoms with Gasteiger partial charge >= 0.3 is 0 Å². The lowest BCUT2D eigenvalue weighted by molar-refractivity contribution is 0.0996. The first-order valence-electron chi connectivity index (χ1n) is 13.7. The fourth-order valence-electron chi connectivity index (χ4n) is 5.50. The number of nitrogens with zero attached hydrogens (tertiary/aromatic N) is 6. The molecule has 1 atom stereocenters. The molecule has 1 N–H and O–H groups in total. The summed E-state index contributed by atoms with van der Waals surface area (Å²) < 4.78 is 7.30. The Bertz CT molecular complexity index is 1610. The Kier molecular flexibility index (Phi) is 7.65. The van der Waals surface area contributed by atoms with Crippen LogP contribution in [0.5, 0.6) is 5.75 Å². The summed E-state index contributed by atoms with van der Waals surface area (Å²) in [5.41, 5.74) is 3.78. The molecule has 0 radical (unpaired) electrons. The third kappa shape index (κ3) is 5.66. The summed E-state index contributed by atoms with van der Waals surface area (Å²) in [5, 5.41) is 13.8. The Balaban J connectivity index is 1.32. The van der Waals surface area contributed by atoms with Crippen LogP contribution in [0.3, 0.4) is 0 Å². The van der Waals surface area contributed by atoms with E-state index >= 15 is 0 Å². The minimum atomic E-state index is -0.385. The van der Waals surface area contributed by atoms with Crippen LogP contribution in [0.25, 0.3) is 10.9 Å². The number of benzene rings is 3. The summed E-state index contributed by atoms with van der Waals surface area (Å²) in [5.74, 6) is 1.42. The fraction of sp³-hybridized carbons (Fsp3) is 0.290.